The number of hydrogen-bond acceptors (Lipinski definition) is 1. The van der Waals surface area contributed by atoms with Gasteiger partial charge in [-0.15, -0.1) is 0 Å². The van der Waals surface area contributed by atoms with Crippen LogP contribution in [-0.2, 0) is 0 Å². The van der Waals surface area contributed by atoms with Crippen LogP contribution in [0.1, 0.15) is 47.1 Å². The molecule has 2 aromatic carbocycles. The molecule has 0 aromatic heterocycles. The van der Waals surface area contributed by atoms with Crippen LogP contribution in [0, 0.1) is 6.92 Å². The van der Waals surface area contributed by atoms with Gasteiger partial charge in [0.1, 0.15) is 6.10 Å². The summed E-state index contributed by atoms with van der Waals surface area (Å²) < 4.78 is 0. The molecule has 1 heteroatoms. The Kier molecular flexibility index (Phi) is 2.92. The maximum absolute atomic E-state index is 10.4. The highest BCUT2D eigenvalue weighted by Crippen LogP contribution is 2.40. The molecule has 0 spiro atoms. The second kappa shape index (κ2) is 4.58. The van der Waals surface area contributed by atoms with Crippen LogP contribution in [0.15, 0.2) is 48.5 Å². The largest absolute Gasteiger partial charge is 0.384 e. The van der Waals surface area contributed by atoms with Crippen molar-refractivity contribution in [2.75, 3.05) is 0 Å². The lowest BCUT2D eigenvalue weighted by Gasteiger charge is -2.14. The van der Waals surface area contributed by atoms with Crippen molar-refractivity contribution in [2.45, 2.75) is 31.8 Å². The summed E-state index contributed by atoms with van der Waals surface area (Å²) in [6.45, 7) is 2.04. The molecule has 1 atom stereocenters. The van der Waals surface area contributed by atoms with E-state index in [-0.39, 0.29) is 0 Å². The van der Waals surface area contributed by atoms with Gasteiger partial charge in [-0.2, -0.15) is 0 Å². The van der Waals surface area contributed by atoms with Crippen LogP contribution in [0.5, 0.6) is 0 Å². The van der Waals surface area contributed by atoms with Crippen LogP contribution >= 0.6 is 0 Å². The van der Waals surface area contributed by atoms with Gasteiger partial charge in [-0.25, -0.2) is 0 Å². The molecule has 1 N–H and O–H groups in total. The SMILES string of the molecule is Cc1ccccc1C(O)c1ccc(C2CC2)cc1. The Balaban J connectivity index is 1.87. The Morgan fingerprint density at radius 1 is 1.00 bits per heavy atom. The van der Waals surface area contributed by atoms with Gasteiger partial charge in [0.25, 0.3) is 0 Å². The molecule has 1 unspecified atom stereocenters. The molecule has 0 bridgehead atoms. The van der Waals surface area contributed by atoms with Crippen LogP contribution in [0.3, 0.4) is 0 Å². The van der Waals surface area contributed by atoms with Crippen molar-refractivity contribution in [1.29, 1.82) is 0 Å². The first-order chi connectivity index (χ1) is 8.75. The Morgan fingerprint density at radius 2 is 1.67 bits per heavy atom. The highest BCUT2D eigenvalue weighted by molar-refractivity contribution is 5.37. The van der Waals surface area contributed by atoms with Crippen molar-refractivity contribution in [3.8, 4) is 0 Å². The molecule has 0 saturated heterocycles. The highest BCUT2D eigenvalue weighted by Gasteiger charge is 2.23. The van der Waals surface area contributed by atoms with Gasteiger partial charge in [0.15, 0.2) is 0 Å². The summed E-state index contributed by atoms with van der Waals surface area (Å²) in [5.74, 6) is 0.773. The fourth-order valence-corrected chi connectivity index (χ4v) is 2.44. The van der Waals surface area contributed by atoms with Gasteiger partial charge in [0.05, 0.1) is 0 Å². The first kappa shape index (κ1) is 11.5. The molecule has 1 aliphatic rings. The second-order valence-electron chi connectivity index (χ2n) is 5.20. The molecule has 0 radical (unpaired) electrons. The van der Waals surface area contributed by atoms with Crippen molar-refractivity contribution in [1.82, 2.24) is 0 Å². The summed E-state index contributed by atoms with van der Waals surface area (Å²) in [5.41, 5.74) is 4.53. The molecule has 3 rings (SSSR count). The van der Waals surface area contributed by atoms with Gasteiger partial charge in [0.2, 0.25) is 0 Å². The summed E-state index contributed by atoms with van der Waals surface area (Å²) in [5, 5.41) is 10.4. The molecule has 0 heterocycles. The second-order valence-corrected chi connectivity index (χ2v) is 5.20. The third-order valence-electron chi connectivity index (χ3n) is 3.78. The zero-order chi connectivity index (χ0) is 12.5. The number of aryl methyl sites for hydroxylation is 1. The van der Waals surface area contributed by atoms with E-state index < -0.39 is 6.10 Å². The van der Waals surface area contributed by atoms with E-state index >= 15 is 0 Å². The van der Waals surface area contributed by atoms with E-state index in [2.05, 4.69) is 24.3 Å². The van der Waals surface area contributed by atoms with Gasteiger partial charge >= 0.3 is 0 Å². The number of aliphatic hydroxyl groups excluding tert-OH is 1. The van der Waals surface area contributed by atoms with E-state index in [4.69, 9.17) is 0 Å². The summed E-state index contributed by atoms with van der Waals surface area (Å²) in [6.07, 6.45) is 2.12. The topological polar surface area (TPSA) is 20.2 Å². The van der Waals surface area contributed by atoms with Gasteiger partial charge in [-0.3, -0.25) is 0 Å². The van der Waals surface area contributed by atoms with E-state index in [1.807, 2.05) is 31.2 Å². The highest BCUT2D eigenvalue weighted by atomic mass is 16.3. The standard InChI is InChI=1S/C17H18O/c1-12-4-2-3-5-16(12)17(18)15-10-8-14(9-11-15)13-6-7-13/h2-5,8-11,13,17-18H,6-7H2,1H3. The molecule has 2 aromatic rings. The summed E-state index contributed by atoms with van der Waals surface area (Å²) in [6, 6.07) is 16.5. The number of aliphatic hydroxyl groups is 1. The van der Waals surface area contributed by atoms with E-state index in [1.165, 1.54) is 18.4 Å². The van der Waals surface area contributed by atoms with Crippen molar-refractivity contribution in [3.63, 3.8) is 0 Å². The van der Waals surface area contributed by atoms with E-state index in [0.29, 0.717) is 0 Å². The first-order valence-electron chi connectivity index (χ1n) is 6.59. The Morgan fingerprint density at radius 3 is 2.28 bits per heavy atom. The molecule has 1 aliphatic carbocycles. The summed E-state index contributed by atoms with van der Waals surface area (Å²) in [4.78, 5) is 0. The van der Waals surface area contributed by atoms with E-state index in [9.17, 15) is 5.11 Å². The molecule has 0 aliphatic heterocycles. The Hall–Kier alpha value is -1.60. The van der Waals surface area contributed by atoms with E-state index in [1.54, 1.807) is 0 Å². The number of hydrogen-bond donors (Lipinski definition) is 1. The maximum atomic E-state index is 10.4. The fourth-order valence-electron chi connectivity index (χ4n) is 2.44. The maximum Gasteiger partial charge on any atom is 0.104 e. The minimum atomic E-state index is -0.514. The number of rotatable bonds is 3. The minimum absolute atomic E-state index is 0.514. The average molecular weight is 238 g/mol. The molecular weight excluding hydrogens is 220 g/mol. The van der Waals surface area contributed by atoms with E-state index in [0.717, 1.165) is 22.6 Å². The zero-order valence-electron chi connectivity index (χ0n) is 10.6. The van der Waals surface area contributed by atoms with Crippen LogP contribution in [-0.4, -0.2) is 5.11 Å². The molecule has 92 valence electrons. The number of benzene rings is 2. The molecule has 18 heavy (non-hydrogen) atoms. The molecule has 1 nitrogen and oxygen atoms in total. The molecule has 1 saturated carbocycles. The third-order valence-corrected chi connectivity index (χ3v) is 3.78. The minimum Gasteiger partial charge on any atom is -0.384 e. The lowest BCUT2D eigenvalue weighted by Crippen LogP contribution is -2.01. The van der Waals surface area contributed by atoms with Crippen molar-refractivity contribution in [3.05, 3.63) is 70.8 Å². The summed E-state index contributed by atoms with van der Waals surface area (Å²) in [7, 11) is 0. The van der Waals surface area contributed by atoms with Gasteiger partial charge < -0.3 is 5.11 Å². The lowest BCUT2D eigenvalue weighted by atomic mass is 9.96. The van der Waals surface area contributed by atoms with Crippen molar-refractivity contribution in [2.24, 2.45) is 0 Å². The van der Waals surface area contributed by atoms with Crippen molar-refractivity contribution >= 4 is 0 Å². The monoisotopic (exact) mass is 238 g/mol. The van der Waals surface area contributed by atoms with Crippen LogP contribution < -0.4 is 0 Å². The Labute approximate surface area is 108 Å². The zero-order valence-corrected chi connectivity index (χ0v) is 10.6. The lowest BCUT2D eigenvalue weighted by molar-refractivity contribution is 0.219. The predicted molar refractivity (Wildman–Crippen MR) is 73.7 cm³/mol. The molecule has 0 amide bonds. The normalized spacial score (nSPS) is 16.6. The quantitative estimate of drug-likeness (QED) is 0.858. The van der Waals surface area contributed by atoms with Crippen LogP contribution in [0.2, 0.25) is 0 Å². The smallest absolute Gasteiger partial charge is 0.104 e. The predicted octanol–water partition coefficient (Wildman–Crippen LogP) is 3.95. The van der Waals surface area contributed by atoms with Gasteiger partial charge in [-0.05, 0) is 47.9 Å². The summed E-state index contributed by atoms with van der Waals surface area (Å²) >= 11 is 0. The van der Waals surface area contributed by atoms with Crippen LogP contribution in [0.4, 0.5) is 0 Å². The average Bonchev–Trinajstić information content (AvgIpc) is 3.23. The fraction of sp³-hybridized carbons (Fsp3) is 0.294. The first-order valence-corrected chi connectivity index (χ1v) is 6.59. The molecule has 1 fully saturated rings. The van der Waals surface area contributed by atoms with Gasteiger partial charge in [-0.1, -0.05) is 48.5 Å². The molecular formula is C17H18O. The Bertz CT molecular complexity index is 538. The third kappa shape index (κ3) is 2.19. The van der Waals surface area contributed by atoms with Crippen LogP contribution in [0.25, 0.3) is 0 Å². The van der Waals surface area contributed by atoms with Gasteiger partial charge in [0, 0.05) is 0 Å². The van der Waals surface area contributed by atoms with Crippen molar-refractivity contribution < 1.29 is 5.11 Å².